The van der Waals surface area contributed by atoms with Crippen molar-refractivity contribution >= 4 is 0 Å². The van der Waals surface area contributed by atoms with Gasteiger partial charge in [-0.1, -0.05) is 26.8 Å². The highest BCUT2D eigenvalue weighted by Gasteiger charge is 2.19. The van der Waals surface area contributed by atoms with Gasteiger partial charge in [0.1, 0.15) is 12.4 Å². The van der Waals surface area contributed by atoms with E-state index in [0.29, 0.717) is 0 Å². The molecule has 0 atom stereocenters. The van der Waals surface area contributed by atoms with E-state index in [1.165, 1.54) is 11.1 Å². The van der Waals surface area contributed by atoms with Gasteiger partial charge in [-0.2, -0.15) is 0 Å². The van der Waals surface area contributed by atoms with Crippen molar-refractivity contribution < 1.29 is 4.74 Å². The largest absolute Gasteiger partial charge is 0.488 e. The zero-order valence-electron chi connectivity index (χ0n) is 7.85. The van der Waals surface area contributed by atoms with Crippen molar-refractivity contribution in [1.29, 1.82) is 0 Å². The van der Waals surface area contributed by atoms with Crippen LogP contribution in [-0.2, 0) is 12.0 Å². The van der Waals surface area contributed by atoms with Crippen LogP contribution < -0.4 is 4.74 Å². The predicted octanol–water partition coefficient (Wildman–Crippen LogP) is 2.88. The van der Waals surface area contributed by atoms with Crippen LogP contribution in [0.25, 0.3) is 0 Å². The van der Waals surface area contributed by atoms with Gasteiger partial charge in [-0.25, -0.2) is 0 Å². The molecule has 0 spiro atoms. The van der Waals surface area contributed by atoms with E-state index in [9.17, 15) is 0 Å². The van der Waals surface area contributed by atoms with Crippen molar-refractivity contribution in [2.24, 2.45) is 0 Å². The maximum atomic E-state index is 5.24. The van der Waals surface area contributed by atoms with E-state index < -0.39 is 0 Å². The monoisotopic (exact) mass is 162 g/mol. The summed E-state index contributed by atoms with van der Waals surface area (Å²) in [5, 5.41) is 0. The molecule has 0 N–H and O–H groups in total. The fraction of sp³-hybridized carbons (Fsp3) is 0.455. The summed E-state index contributed by atoms with van der Waals surface area (Å²) in [5.41, 5.74) is 3.00. The van der Waals surface area contributed by atoms with Crippen molar-refractivity contribution in [1.82, 2.24) is 0 Å². The number of benzene rings is 1. The second-order valence-electron chi connectivity index (χ2n) is 4.36. The lowest BCUT2D eigenvalue weighted by atomic mass is 9.85. The van der Waals surface area contributed by atoms with Crippen molar-refractivity contribution in [2.75, 3.05) is 0 Å². The third-order valence-corrected chi connectivity index (χ3v) is 2.31. The van der Waals surface area contributed by atoms with Crippen LogP contribution >= 0.6 is 0 Å². The van der Waals surface area contributed by atoms with Crippen molar-refractivity contribution in [3.63, 3.8) is 0 Å². The molecule has 0 unspecified atom stereocenters. The fourth-order valence-corrected chi connectivity index (χ4v) is 1.37. The Kier molecular flexibility index (Phi) is 1.44. The molecule has 1 heteroatoms. The minimum atomic E-state index is 0.255. The first kappa shape index (κ1) is 7.66. The Labute approximate surface area is 73.4 Å². The van der Waals surface area contributed by atoms with Gasteiger partial charge in [-0.15, -0.1) is 0 Å². The molecule has 0 radical (unpaired) electrons. The number of ether oxygens (including phenoxy) is 1. The second-order valence-corrected chi connectivity index (χ2v) is 4.36. The van der Waals surface area contributed by atoms with Crippen LogP contribution in [0.4, 0.5) is 0 Å². The Morgan fingerprint density at radius 2 is 2.00 bits per heavy atom. The number of hydrogen-bond donors (Lipinski definition) is 0. The molecule has 1 aromatic carbocycles. The highest BCUT2D eigenvalue weighted by Crippen LogP contribution is 2.33. The van der Waals surface area contributed by atoms with Crippen LogP contribution in [0.5, 0.6) is 5.75 Å². The summed E-state index contributed by atoms with van der Waals surface area (Å²) in [6.45, 7) is 7.48. The van der Waals surface area contributed by atoms with Crippen molar-refractivity contribution in [2.45, 2.75) is 32.8 Å². The molecule has 0 fully saturated rings. The molecule has 64 valence electrons. The third kappa shape index (κ3) is 1.09. The van der Waals surface area contributed by atoms with Crippen LogP contribution in [0.1, 0.15) is 31.9 Å². The van der Waals surface area contributed by atoms with E-state index in [4.69, 9.17) is 4.74 Å². The Morgan fingerprint density at radius 1 is 1.25 bits per heavy atom. The van der Waals surface area contributed by atoms with E-state index in [2.05, 4.69) is 39.0 Å². The van der Waals surface area contributed by atoms with E-state index in [-0.39, 0.29) is 5.41 Å². The topological polar surface area (TPSA) is 9.23 Å². The summed E-state index contributed by atoms with van der Waals surface area (Å²) in [6, 6.07) is 6.47. The van der Waals surface area contributed by atoms with Gasteiger partial charge >= 0.3 is 0 Å². The van der Waals surface area contributed by atoms with Gasteiger partial charge in [0.05, 0.1) is 0 Å². The molecule has 12 heavy (non-hydrogen) atoms. The molecule has 1 aliphatic rings. The predicted molar refractivity (Wildman–Crippen MR) is 49.5 cm³/mol. The normalized spacial score (nSPS) is 14.6. The van der Waals surface area contributed by atoms with Gasteiger partial charge in [0.2, 0.25) is 0 Å². The molecule has 0 saturated heterocycles. The van der Waals surface area contributed by atoms with E-state index >= 15 is 0 Å². The summed E-state index contributed by atoms with van der Waals surface area (Å²) in [5.74, 6) is 1.06. The minimum absolute atomic E-state index is 0.255. The van der Waals surface area contributed by atoms with Gasteiger partial charge in [-0.05, 0) is 23.1 Å². The maximum Gasteiger partial charge on any atom is 0.126 e. The SMILES string of the molecule is CC(C)(C)c1ccc2c(c1)CO2. The summed E-state index contributed by atoms with van der Waals surface area (Å²) in [7, 11) is 0. The van der Waals surface area contributed by atoms with Gasteiger partial charge in [0.25, 0.3) is 0 Å². The third-order valence-electron chi connectivity index (χ3n) is 2.31. The van der Waals surface area contributed by atoms with E-state index in [1.807, 2.05) is 0 Å². The van der Waals surface area contributed by atoms with Crippen LogP contribution in [0.15, 0.2) is 18.2 Å². The van der Waals surface area contributed by atoms with Crippen LogP contribution in [0.3, 0.4) is 0 Å². The molecule has 0 aromatic heterocycles. The average Bonchev–Trinajstić information content (AvgIpc) is 1.89. The second kappa shape index (κ2) is 2.25. The first-order valence-corrected chi connectivity index (χ1v) is 4.33. The summed E-state index contributed by atoms with van der Waals surface area (Å²) in [6.07, 6.45) is 0. The molecule has 0 bridgehead atoms. The number of fused-ring (bicyclic) bond motifs is 1. The van der Waals surface area contributed by atoms with Gasteiger partial charge in [0.15, 0.2) is 0 Å². The summed E-state index contributed by atoms with van der Waals surface area (Å²) in [4.78, 5) is 0. The molecular weight excluding hydrogens is 148 g/mol. The first-order valence-electron chi connectivity index (χ1n) is 4.33. The summed E-state index contributed by atoms with van der Waals surface area (Å²) >= 11 is 0. The Hall–Kier alpha value is -0.980. The van der Waals surface area contributed by atoms with Crippen LogP contribution in [-0.4, -0.2) is 0 Å². The quantitative estimate of drug-likeness (QED) is 0.570. The highest BCUT2D eigenvalue weighted by molar-refractivity contribution is 5.43. The van der Waals surface area contributed by atoms with E-state index in [1.54, 1.807) is 0 Å². The Bertz CT molecular complexity index is 307. The maximum absolute atomic E-state index is 5.24. The fourth-order valence-electron chi connectivity index (χ4n) is 1.37. The molecule has 0 amide bonds. The molecule has 0 saturated carbocycles. The Balaban J connectivity index is 2.42. The van der Waals surface area contributed by atoms with Gasteiger partial charge < -0.3 is 4.74 Å². The highest BCUT2D eigenvalue weighted by atomic mass is 16.5. The number of rotatable bonds is 0. The van der Waals surface area contributed by atoms with Crippen LogP contribution in [0.2, 0.25) is 0 Å². The lowest BCUT2D eigenvalue weighted by molar-refractivity contribution is 0.242. The standard InChI is InChI=1S/C11H14O/c1-11(2,3)9-4-5-10-8(6-9)7-12-10/h4-6H,7H2,1-3H3. The summed E-state index contributed by atoms with van der Waals surface area (Å²) < 4.78 is 5.24. The molecule has 0 aliphatic carbocycles. The van der Waals surface area contributed by atoms with E-state index in [0.717, 1.165) is 12.4 Å². The van der Waals surface area contributed by atoms with Crippen molar-refractivity contribution in [3.8, 4) is 5.75 Å². The molecule has 2 rings (SSSR count). The number of hydrogen-bond acceptors (Lipinski definition) is 1. The lowest BCUT2D eigenvalue weighted by Crippen LogP contribution is -2.15. The molecule has 1 heterocycles. The molecule has 1 aromatic rings. The molecular formula is C11H14O. The van der Waals surface area contributed by atoms with Gasteiger partial charge in [0, 0.05) is 5.56 Å². The minimum Gasteiger partial charge on any atom is -0.488 e. The zero-order chi connectivity index (χ0) is 8.77. The Morgan fingerprint density at radius 3 is 2.42 bits per heavy atom. The lowest BCUT2D eigenvalue weighted by Gasteiger charge is -2.25. The molecule has 1 aliphatic heterocycles. The average molecular weight is 162 g/mol. The zero-order valence-corrected chi connectivity index (χ0v) is 7.85. The first-order chi connectivity index (χ1) is 5.57. The van der Waals surface area contributed by atoms with Gasteiger partial charge in [-0.3, -0.25) is 0 Å². The smallest absolute Gasteiger partial charge is 0.126 e. The van der Waals surface area contributed by atoms with Crippen LogP contribution in [0, 0.1) is 0 Å². The molecule has 1 nitrogen and oxygen atoms in total. The van der Waals surface area contributed by atoms with Crippen molar-refractivity contribution in [3.05, 3.63) is 29.3 Å².